The largest absolute Gasteiger partial charge is 0.451 e. The molecule has 9 nitrogen and oxygen atoms in total. The van der Waals surface area contributed by atoms with Gasteiger partial charge in [-0.15, -0.1) is 0 Å². The summed E-state index contributed by atoms with van der Waals surface area (Å²) in [6, 6.07) is 13.3. The van der Waals surface area contributed by atoms with E-state index in [-0.39, 0.29) is 34.2 Å². The molecule has 48 heavy (non-hydrogen) atoms. The first kappa shape index (κ1) is 33.5. The lowest BCUT2D eigenvalue weighted by molar-refractivity contribution is -0.135. The van der Waals surface area contributed by atoms with Gasteiger partial charge in [-0.2, -0.15) is 0 Å². The van der Waals surface area contributed by atoms with Crippen molar-refractivity contribution < 1.29 is 18.7 Å². The maximum absolute atomic E-state index is 16.4. The molecule has 3 aromatic carbocycles. The highest BCUT2D eigenvalue weighted by Crippen LogP contribution is 2.48. The number of rotatable bonds is 11. The van der Waals surface area contributed by atoms with Gasteiger partial charge in [0, 0.05) is 45.0 Å². The molecule has 2 aliphatic rings. The molecule has 1 saturated heterocycles. The number of nitrogens with one attached hydrogen (secondary N) is 1. The van der Waals surface area contributed by atoms with Crippen molar-refractivity contribution in [1.29, 1.82) is 0 Å². The normalized spacial score (nSPS) is 16.1. The maximum atomic E-state index is 16.4. The van der Waals surface area contributed by atoms with Crippen molar-refractivity contribution in [2.45, 2.75) is 58.9 Å². The highest BCUT2D eigenvalue weighted by Gasteiger charge is 2.35. The molecule has 2 unspecified atom stereocenters. The van der Waals surface area contributed by atoms with E-state index in [9.17, 15) is 14.4 Å². The van der Waals surface area contributed by atoms with E-state index in [1.165, 1.54) is 6.07 Å². The lowest BCUT2D eigenvalue weighted by Gasteiger charge is -2.37. The monoisotopic (exact) mass is 655 g/mol. The Morgan fingerprint density at radius 2 is 1.79 bits per heavy atom. The number of pyridine rings is 1. The molecule has 2 amide bonds. The number of aromatic nitrogens is 1. The van der Waals surface area contributed by atoms with Gasteiger partial charge in [0.05, 0.1) is 17.0 Å². The Labute approximate surface area is 281 Å². The number of hydrogen-bond acceptors (Lipinski definition) is 6. The summed E-state index contributed by atoms with van der Waals surface area (Å²) in [5.41, 5.74) is 0.685. The fourth-order valence-electron chi connectivity index (χ4n) is 7.36. The third-order valence-corrected chi connectivity index (χ3v) is 9.99. The summed E-state index contributed by atoms with van der Waals surface area (Å²) in [6.07, 6.45) is 5.79. The van der Waals surface area contributed by atoms with Gasteiger partial charge in [-0.05, 0) is 82.6 Å². The number of hydrogen-bond donors (Lipinski definition) is 1. The zero-order chi connectivity index (χ0) is 34.1. The molecule has 0 saturated carbocycles. The molecular formula is C38H46FN5O4. The molecule has 1 aromatic heterocycles. The van der Waals surface area contributed by atoms with Crippen LogP contribution in [-0.2, 0) is 4.79 Å². The summed E-state index contributed by atoms with van der Waals surface area (Å²) in [7, 11) is 4.05. The van der Waals surface area contributed by atoms with Crippen molar-refractivity contribution in [3.05, 3.63) is 70.3 Å². The SMILES string of the molecule is CCCC(CCNC(=O)c1cn2c3c(c(N4CCCC(C(=O)N(CC)CC)C4)c(F)cc3c1=O)Oc1cc3ccccc3cc1-2)N(C)C. The smallest absolute Gasteiger partial charge is 0.256 e. The van der Waals surface area contributed by atoms with Crippen LogP contribution in [0.5, 0.6) is 11.5 Å². The van der Waals surface area contributed by atoms with Crippen molar-refractivity contribution in [1.82, 2.24) is 19.7 Å². The van der Waals surface area contributed by atoms with Crippen molar-refractivity contribution in [3.8, 4) is 17.2 Å². The number of fused-ring (bicyclic) bond motifs is 3. The average molecular weight is 656 g/mol. The molecule has 1 N–H and O–H groups in total. The average Bonchev–Trinajstić information content (AvgIpc) is 3.08. The van der Waals surface area contributed by atoms with Gasteiger partial charge in [0.1, 0.15) is 16.8 Å². The summed E-state index contributed by atoms with van der Waals surface area (Å²) >= 11 is 0. The number of carbonyl (C=O) groups is 2. The Balaban J connectivity index is 1.46. The second-order valence-electron chi connectivity index (χ2n) is 13.2. The zero-order valence-corrected chi connectivity index (χ0v) is 28.6. The highest BCUT2D eigenvalue weighted by molar-refractivity contribution is 6.02. The van der Waals surface area contributed by atoms with Crippen LogP contribution in [0, 0.1) is 11.7 Å². The number of benzene rings is 3. The topological polar surface area (TPSA) is 87.1 Å². The number of anilines is 1. The van der Waals surface area contributed by atoms with Gasteiger partial charge in [0.2, 0.25) is 11.3 Å². The van der Waals surface area contributed by atoms with Gasteiger partial charge in [-0.3, -0.25) is 14.4 Å². The summed E-state index contributed by atoms with van der Waals surface area (Å²) in [5, 5.41) is 4.93. The number of piperidine rings is 1. The van der Waals surface area contributed by atoms with Gasteiger partial charge in [0.25, 0.3) is 5.91 Å². The Bertz CT molecular complexity index is 1920. The van der Waals surface area contributed by atoms with Gasteiger partial charge in [-0.25, -0.2) is 4.39 Å². The Morgan fingerprint density at radius 3 is 2.48 bits per heavy atom. The second-order valence-corrected chi connectivity index (χ2v) is 13.2. The Morgan fingerprint density at radius 1 is 1.06 bits per heavy atom. The van der Waals surface area contributed by atoms with Gasteiger partial charge in [-0.1, -0.05) is 37.6 Å². The van der Waals surface area contributed by atoms with E-state index < -0.39 is 17.2 Å². The molecule has 3 heterocycles. The first-order valence-electron chi connectivity index (χ1n) is 17.3. The standard InChI is InChI=1S/C38H46FN5O4/c1-6-12-27(41(4)5)16-17-40-37(46)29-23-44-31-19-24-13-9-10-14-25(24)20-32(31)48-36-33(44)28(35(29)45)21-30(39)34(36)43-18-11-15-26(22-43)38(47)42(7-2)8-3/h9-10,13-14,19-21,23,26-27H,6-8,11-12,15-18,22H2,1-5H3,(H,40,46). The second kappa shape index (κ2) is 14.0. The van der Waals surface area contributed by atoms with Gasteiger partial charge < -0.3 is 29.3 Å². The van der Waals surface area contributed by atoms with E-state index in [0.717, 1.165) is 36.5 Å². The van der Waals surface area contributed by atoms with Crippen LogP contribution in [0.3, 0.4) is 0 Å². The van der Waals surface area contributed by atoms with Crippen LogP contribution in [0.1, 0.15) is 63.2 Å². The molecule has 2 atom stereocenters. The summed E-state index contributed by atoms with van der Waals surface area (Å²) < 4.78 is 24.8. The van der Waals surface area contributed by atoms with E-state index in [4.69, 9.17) is 4.74 Å². The third-order valence-electron chi connectivity index (χ3n) is 9.99. The van der Waals surface area contributed by atoms with Crippen molar-refractivity contribution >= 4 is 39.2 Å². The van der Waals surface area contributed by atoms with Gasteiger partial charge >= 0.3 is 0 Å². The van der Waals surface area contributed by atoms with Crippen LogP contribution in [0.25, 0.3) is 27.4 Å². The molecule has 0 radical (unpaired) electrons. The Kier molecular flexibility index (Phi) is 9.73. The minimum atomic E-state index is -0.618. The lowest BCUT2D eigenvalue weighted by Crippen LogP contribution is -2.45. The van der Waals surface area contributed by atoms with Crippen LogP contribution in [0.4, 0.5) is 10.1 Å². The molecule has 254 valence electrons. The van der Waals surface area contributed by atoms with Crippen LogP contribution >= 0.6 is 0 Å². The number of carbonyl (C=O) groups excluding carboxylic acids is 2. The summed E-state index contributed by atoms with van der Waals surface area (Å²) in [6.45, 7) is 8.59. The van der Waals surface area contributed by atoms with Crippen LogP contribution < -0.4 is 20.4 Å². The number of ether oxygens (including phenoxy) is 1. The molecule has 2 aliphatic heterocycles. The molecular weight excluding hydrogens is 609 g/mol. The van der Waals surface area contributed by atoms with Crippen LogP contribution in [0.15, 0.2) is 53.5 Å². The number of halogens is 1. The predicted octanol–water partition coefficient (Wildman–Crippen LogP) is 6.32. The quantitative estimate of drug-likeness (QED) is 0.179. The van der Waals surface area contributed by atoms with Crippen LogP contribution in [-0.4, -0.2) is 79.0 Å². The fourth-order valence-corrected chi connectivity index (χ4v) is 7.36. The molecule has 1 fully saturated rings. The van der Waals surface area contributed by atoms with E-state index in [0.29, 0.717) is 62.1 Å². The molecule has 10 heteroatoms. The zero-order valence-electron chi connectivity index (χ0n) is 28.6. The maximum Gasteiger partial charge on any atom is 0.256 e. The van der Waals surface area contributed by atoms with E-state index >= 15 is 4.39 Å². The van der Waals surface area contributed by atoms with E-state index in [1.54, 1.807) is 10.8 Å². The molecule has 4 aromatic rings. The molecule has 6 rings (SSSR count). The third kappa shape index (κ3) is 6.14. The first-order chi connectivity index (χ1) is 23.2. The van der Waals surface area contributed by atoms with Crippen molar-refractivity contribution in [2.24, 2.45) is 5.92 Å². The lowest BCUT2D eigenvalue weighted by atomic mass is 9.95. The van der Waals surface area contributed by atoms with E-state index in [2.05, 4.69) is 17.1 Å². The van der Waals surface area contributed by atoms with Gasteiger partial charge in [0.15, 0.2) is 17.3 Å². The summed E-state index contributed by atoms with van der Waals surface area (Å²) in [5.74, 6) is -0.609. The summed E-state index contributed by atoms with van der Waals surface area (Å²) in [4.78, 5) is 46.8. The van der Waals surface area contributed by atoms with Crippen molar-refractivity contribution in [3.63, 3.8) is 0 Å². The Hall–Kier alpha value is -4.44. The highest BCUT2D eigenvalue weighted by atomic mass is 19.1. The van der Waals surface area contributed by atoms with Crippen molar-refractivity contribution in [2.75, 3.05) is 51.7 Å². The number of amides is 2. The molecule has 0 aliphatic carbocycles. The first-order valence-corrected chi connectivity index (χ1v) is 17.3. The molecule has 0 spiro atoms. The minimum Gasteiger partial charge on any atom is -0.451 e. The number of nitrogens with zero attached hydrogens (tertiary/aromatic N) is 4. The molecule has 0 bridgehead atoms. The van der Waals surface area contributed by atoms with E-state index in [1.807, 2.05) is 74.1 Å². The van der Waals surface area contributed by atoms with Crippen LogP contribution in [0.2, 0.25) is 0 Å². The fraction of sp³-hybridized carbons (Fsp3) is 0.447. The minimum absolute atomic E-state index is 0.0543. The predicted molar refractivity (Wildman–Crippen MR) is 189 cm³/mol.